The first-order valence-corrected chi connectivity index (χ1v) is 5.12. The van der Waals surface area contributed by atoms with Crippen molar-refractivity contribution in [2.24, 2.45) is 0 Å². The van der Waals surface area contributed by atoms with Crippen molar-refractivity contribution in [3.8, 4) is 5.75 Å². The van der Waals surface area contributed by atoms with Gasteiger partial charge in [-0.1, -0.05) is 6.07 Å². The maximum Gasteiger partial charge on any atom is 0.422 e. The summed E-state index contributed by atoms with van der Waals surface area (Å²) in [7, 11) is 0. The van der Waals surface area contributed by atoms with Crippen LogP contribution in [0.4, 0.5) is 13.2 Å². The lowest BCUT2D eigenvalue weighted by atomic mass is 10.3. The van der Waals surface area contributed by atoms with Gasteiger partial charge in [-0.15, -0.1) is 0 Å². The molecule has 0 aliphatic heterocycles. The molecule has 0 aliphatic carbocycles. The Morgan fingerprint density at radius 3 is 2.43 bits per heavy atom. The largest absolute Gasteiger partial charge is 0.483 e. The molecule has 0 amide bonds. The molecule has 0 aliphatic rings. The van der Waals surface area contributed by atoms with Crippen LogP contribution in [-0.2, 0) is 0 Å². The molecule has 1 aromatic rings. The fraction of sp³-hybridized carbons (Fsp3) is 0.250. The van der Waals surface area contributed by atoms with Crippen LogP contribution >= 0.6 is 31.9 Å². The van der Waals surface area contributed by atoms with E-state index in [0.29, 0.717) is 8.95 Å². The lowest BCUT2D eigenvalue weighted by Crippen LogP contribution is -2.19. The van der Waals surface area contributed by atoms with Crippen LogP contribution in [0.1, 0.15) is 0 Å². The topological polar surface area (TPSA) is 9.23 Å². The van der Waals surface area contributed by atoms with Crippen molar-refractivity contribution >= 4 is 31.9 Å². The minimum Gasteiger partial charge on any atom is -0.483 e. The van der Waals surface area contributed by atoms with Crippen molar-refractivity contribution in [1.29, 1.82) is 0 Å². The van der Waals surface area contributed by atoms with Crippen LogP contribution in [0.2, 0.25) is 0 Å². The summed E-state index contributed by atoms with van der Waals surface area (Å²) >= 11 is 6.27. The Morgan fingerprint density at radius 2 is 1.86 bits per heavy atom. The number of rotatable bonds is 2. The molecule has 1 aromatic carbocycles. The minimum atomic E-state index is -4.32. The second kappa shape index (κ2) is 4.53. The molecule has 0 N–H and O–H groups in total. The van der Waals surface area contributed by atoms with Gasteiger partial charge >= 0.3 is 6.18 Å². The van der Waals surface area contributed by atoms with Crippen LogP contribution in [0.3, 0.4) is 0 Å². The highest BCUT2D eigenvalue weighted by Gasteiger charge is 2.28. The first kappa shape index (κ1) is 11.8. The predicted octanol–water partition coefficient (Wildman–Crippen LogP) is 4.15. The monoisotopic (exact) mass is 332 g/mol. The Kier molecular flexibility index (Phi) is 3.83. The summed E-state index contributed by atoms with van der Waals surface area (Å²) in [4.78, 5) is 0. The van der Waals surface area contributed by atoms with Crippen molar-refractivity contribution in [2.75, 3.05) is 6.61 Å². The third kappa shape index (κ3) is 3.49. The van der Waals surface area contributed by atoms with Crippen molar-refractivity contribution in [3.63, 3.8) is 0 Å². The van der Waals surface area contributed by atoms with Gasteiger partial charge in [-0.25, -0.2) is 0 Å². The normalized spacial score (nSPS) is 11.5. The van der Waals surface area contributed by atoms with Gasteiger partial charge in [0.1, 0.15) is 5.75 Å². The SMILES string of the molecule is FC(F)(F)COc1cccc(Br)c1Br. The van der Waals surface area contributed by atoms with Crippen LogP contribution in [-0.4, -0.2) is 12.8 Å². The Morgan fingerprint density at radius 1 is 1.21 bits per heavy atom. The number of hydrogen-bond acceptors (Lipinski definition) is 1. The summed E-state index contributed by atoms with van der Waals surface area (Å²) in [6, 6.07) is 4.76. The lowest BCUT2D eigenvalue weighted by Gasteiger charge is -2.10. The third-order valence-electron chi connectivity index (χ3n) is 1.31. The molecule has 0 radical (unpaired) electrons. The lowest BCUT2D eigenvalue weighted by molar-refractivity contribution is -0.153. The fourth-order valence-electron chi connectivity index (χ4n) is 0.755. The molecule has 0 heterocycles. The van der Waals surface area contributed by atoms with E-state index >= 15 is 0 Å². The number of benzene rings is 1. The number of ether oxygens (including phenoxy) is 1. The van der Waals surface area contributed by atoms with Gasteiger partial charge in [0.2, 0.25) is 0 Å². The number of hydrogen-bond donors (Lipinski definition) is 0. The van der Waals surface area contributed by atoms with E-state index in [2.05, 4.69) is 36.6 Å². The van der Waals surface area contributed by atoms with Gasteiger partial charge in [0.25, 0.3) is 0 Å². The van der Waals surface area contributed by atoms with Crippen LogP contribution in [0, 0.1) is 0 Å². The van der Waals surface area contributed by atoms with Crippen molar-refractivity contribution in [2.45, 2.75) is 6.18 Å². The molecule has 0 aromatic heterocycles. The predicted molar refractivity (Wildman–Crippen MR) is 53.4 cm³/mol. The molecule has 1 nitrogen and oxygen atoms in total. The Labute approximate surface area is 95.5 Å². The van der Waals surface area contributed by atoms with Gasteiger partial charge < -0.3 is 4.74 Å². The van der Waals surface area contributed by atoms with Crippen LogP contribution in [0.15, 0.2) is 27.1 Å². The van der Waals surface area contributed by atoms with E-state index in [1.807, 2.05) is 0 Å². The zero-order chi connectivity index (χ0) is 10.8. The molecule has 1 rings (SSSR count). The van der Waals surface area contributed by atoms with Gasteiger partial charge in [0.05, 0.1) is 4.47 Å². The number of halogens is 5. The third-order valence-corrected chi connectivity index (χ3v) is 3.32. The van der Waals surface area contributed by atoms with Gasteiger partial charge in [-0.3, -0.25) is 0 Å². The summed E-state index contributed by atoms with van der Waals surface area (Å²) < 4.78 is 41.2. The maximum absolute atomic E-state index is 11.8. The van der Waals surface area contributed by atoms with Crippen LogP contribution in [0.5, 0.6) is 5.75 Å². The molecule has 0 bridgehead atoms. The van der Waals surface area contributed by atoms with Crippen LogP contribution in [0.25, 0.3) is 0 Å². The molecule has 0 fully saturated rings. The Hall–Kier alpha value is -0.230. The zero-order valence-corrected chi connectivity index (χ0v) is 9.91. The standard InChI is InChI=1S/C8H5Br2F3O/c9-5-2-1-3-6(7(5)10)14-4-8(11,12)13/h1-3H,4H2. The summed E-state index contributed by atoms with van der Waals surface area (Å²) in [6.07, 6.45) is -4.32. The Balaban J connectivity index is 2.73. The molecule has 6 heteroatoms. The van der Waals surface area contributed by atoms with E-state index in [0.717, 1.165) is 0 Å². The molecule has 0 saturated heterocycles. The number of alkyl halides is 3. The average Bonchev–Trinajstić information content (AvgIpc) is 2.06. The van der Waals surface area contributed by atoms with E-state index < -0.39 is 12.8 Å². The van der Waals surface area contributed by atoms with Crippen molar-refractivity contribution in [3.05, 3.63) is 27.1 Å². The summed E-state index contributed by atoms with van der Waals surface area (Å²) in [5, 5.41) is 0. The highest BCUT2D eigenvalue weighted by atomic mass is 79.9. The molecule has 0 atom stereocenters. The smallest absolute Gasteiger partial charge is 0.422 e. The van der Waals surface area contributed by atoms with Gasteiger partial charge in [-0.05, 0) is 44.0 Å². The Bertz CT molecular complexity index is 325. The molecule has 0 unspecified atom stereocenters. The highest BCUT2D eigenvalue weighted by molar-refractivity contribution is 9.13. The van der Waals surface area contributed by atoms with E-state index in [1.54, 1.807) is 12.1 Å². The molecule has 0 saturated carbocycles. The molecule has 78 valence electrons. The van der Waals surface area contributed by atoms with E-state index in [9.17, 15) is 13.2 Å². The quantitative estimate of drug-likeness (QED) is 0.790. The van der Waals surface area contributed by atoms with Crippen molar-refractivity contribution < 1.29 is 17.9 Å². The maximum atomic E-state index is 11.8. The highest BCUT2D eigenvalue weighted by Crippen LogP contribution is 2.33. The molecular weight excluding hydrogens is 329 g/mol. The first-order valence-electron chi connectivity index (χ1n) is 3.54. The summed E-state index contributed by atoms with van der Waals surface area (Å²) in [5.74, 6) is 0.164. The minimum absolute atomic E-state index is 0.164. The van der Waals surface area contributed by atoms with Gasteiger partial charge in [-0.2, -0.15) is 13.2 Å². The fourth-order valence-corrected chi connectivity index (χ4v) is 1.48. The summed E-state index contributed by atoms with van der Waals surface area (Å²) in [5.41, 5.74) is 0. The van der Waals surface area contributed by atoms with Crippen LogP contribution < -0.4 is 4.74 Å². The van der Waals surface area contributed by atoms with E-state index in [-0.39, 0.29) is 5.75 Å². The zero-order valence-electron chi connectivity index (χ0n) is 6.74. The van der Waals surface area contributed by atoms with Crippen molar-refractivity contribution in [1.82, 2.24) is 0 Å². The van der Waals surface area contributed by atoms with E-state index in [4.69, 9.17) is 0 Å². The average molecular weight is 334 g/mol. The second-order valence-corrected chi connectivity index (χ2v) is 4.10. The van der Waals surface area contributed by atoms with Gasteiger partial charge in [0, 0.05) is 4.47 Å². The molecule has 0 spiro atoms. The first-order chi connectivity index (χ1) is 6.40. The molecular formula is C8H5Br2F3O. The second-order valence-electron chi connectivity index (χ2n) is 2.46. The molecule has 14 heavy (non-hydrogen) atoms. The van der Waals surface area contributed by atoms with E-state index in [1.165, 1.54) is 6.07 Å². The van der Waals surface area contributed by atoms with Gasteiger partial charge in [0.15, 0.2) is 6.61 Å². The summed E-state index contributed by atoms with van der Waals surface area (Å²) in [6.45, 7) is -1.29.